The molecule has 1 atom stereocenters. The van der Waals surface area contributed by atoms with Crippen LogP contribution in [0, 0.1) is 5.92 Å². The first-order chi connectivity index (χ1) is 11.1. The molecule has 118 valence electrons. The summed E-state index contributed by atoms with van der Waals surface area (Å²) in [5.74, 6) is -0.147. The van der Waals surface area contributed by atoms with Crippen LogP contribution >= 0.6 is 0 Å². The summed E-state index contributed by atoms with van der Waals surface area (Å²) in [6.45, 7) is 0.620. The summed E-state index contributed by atoms with van der Waals surface area (Å²) in [6.07, 6.45) is 3.77. The zero-order valence-electron chi connectivity index (χ0n) is 13.2. The molecular weight excluding hydrogens is 292 g/mol. The van der Waals surface area contributed by atoms with Crippen molar-refractivity contribution >= 4 is 11.7 Å². The Balaban J connectivity index is 1.94. The van der Waals surface area contributed by atoms with Gasteiger partial charge < -0.3 is 9.64 Å². The van der Waals surface area contributed by atoms with Crippen molar-refractivity contribution in [3.63, 3.8) is 0 Å². The molecular formula is C18H18N2O3. The highest BCUT2D eigenvalue weighted by Crippen LogP contribution is 2.30. The van der Waals surface area contributed by atoms with E-state index in [9.17, 15) is 9.59 Å². The smallest absolute Gasteiger partial charge is 0.233 e. The molecule has 23 heavy (non-hydrogen) atoms. The van der Waals surface area contributed by atoms with Gasteiger partial charge in [0.15, 0.2) is 5.78 Å². The number of nitrogens with zero attached hydrogens (tertiary/aromatic N) is 2. The van der Waals surface area contributed by atoms with Crippen molar-refractivity contribution in [2.75, 3.05) is 20.7 Å². The van der Waals surface area contributed by atoms with E-state index in [1.54, 1.807) is 31.3 Å². The number of carbonyl (C=O) groups is 2. The number of pyridine rings is 1. The Bertz CT molecular complexity index is 757. The number of aromatic nitrogens is 1. The van der Waals surface area contributed by atoms with Crippen LogP contribution in [0.4, 0.5) is 0 Å². The maximum absolute atomic E-state index is 12.6. The minimum absolute atomic E-state index is 0.113. The second-order valence-corrected chi connectivity index (χ2v) is 5.63. The topological polar surface area (TPSA) is 59.5 Å². The van der Waals surface area contributed by atoms with E-state index in [0.717, 1.165) is 16.9 Å². The zero-order valence-corrected chi connectivity index (χ0v) is 13.2. The Morgan fingerprint density at radius 3 is 2.78 bits per heavy atom. The van der Waals surface area contributed by atoms with E-state index in [-0.39, 0.29) is 11.7 Å². The van der Waals surface area contributed by atoms with Crippen LogP contribution < -0.4 is 4.74 Å². The third kappa shape index (κ3) is 2.82. The lowest BCUT2D eigenvalue weighted by Gasteiger charge is -2.11. The highest BCUT2D eigenvalue weighted by molar-refractivity contribution is 6.11. The molecule has 0 saturated carbocycles. The first-order valence-corrected chi connectivity index (χ1v) is 7.49. The van der Waals surface area contributed by atoms with Crippen molar-refractivity contribution in [1.29, 1.82) is 0 Å². The maximum Gasteiger partial charge on any atom is 0.233 e. The molecule has 1 saturated heterocycles. The van der Waals surface area contributed by atoms with Crippen molar-refractivity contribution < 1.29 is 14.3 Å². The number of likely N-dealkylation sites (tertiary alicyclic amines) is 1. The van der Waals surface area contributed by atoms with Gasteiger partial charge in [0.05, 0.1) is 7.11 Å². The van der Waals surface area contributed by atoms with Gasteiger partial charge in [0.2, 0.25) is 5.91 Å². The number of carbonyl (C=O) groups excluding carboxylic acids is 2. The number of hydrogen-bond acceptors (Lipinski definition) is 4. The monoisotopic (exact) mass is 310 g/mol. The van der Waals surface area contributed by atoms with Gasteiger partial charge in [-0.25, -0.2) is 0 Å². The maximum atomic E-state index is 12.6. The van der Waals surface area contributed by atoms with E-state index in [4.69, 9.17) is 4.74 Å². The summed E-state index contributed by atoms with van der Waals surface area (Å²) < 4.78 is 5.36. The van der Waals surface area contributed by atoms with Crippen molar-refractivity contribution in [3.8, 4) is 16.9 Å². The fourth-order valence-corrected chi connectivity index (χ4v) is 2.87. The molecule has 1 aromatic heterocycles. The predicted molar refractivity (Wildman–Crippen MR) is 86.3 cm³/mol. The van der Waals surface area contributed by atoms with Crippen LogP contribution in [0.25, 0.3) is 11.1 Å². The van der Waals surface area contributed by atoms with Crippen molar-refractivity contribution in [2.24, 2.45) is 5.92 Å². The van der Waals surface area contributed by atoms with Gasteiger partial charge in [-0.15, -0.1) is 0 Å². The molecule has 1 aliphatic heterocycles. The summed E-state index contributed by atoms with van der Waals surface area (Å²) in [7, 11) is 3.33. The van der Waals surface area contributed by atoms with E-state index in [1.165, 1.54) is 6.20 Å². The molecule has 2 heterocycles. The first-order valence-electron chi connectivity index (χ1n) is 7.49. The lowest BCUT2D eigenvalue weighted by molar-refractivity contribution is -0.128. The number of ketones is 1. The molecule has 0 bridgehead atoms. The number of para-hydroxylation sites is 1. The third-order valence-electron chi connectivity index (χ3n) is 4.18. The number of ether oxygens (including phenoxy) is 1. The van der Waals surface area contributed by atoms with Crippen LogP contribution in [0.3, 0.4) is 0 Å². The summed E-state index contributed by atoms with van der Waals surface area (Å²) >= 11 is 0. The summed E-state index contributed by atoms with van der Waals surface area (Å²) in [4.78, 5) is 30.4. The van der Waals surface area contributed by atoms with Gasteiger partial charge in [0.25, 0.3) is 0 Å². The lowest BCUT2D eigenvalue weighted by atomic mass is 9.95. The van der Waals surface area contributed by atoms with E-state index in [0.29, 0.717) is 18.5 Å². The molecule has 0 aliphatic carbocycles. The summed E-state index contributed by atoms with van der Waals surface area (Å²) in [6, 6.07) is 9.34. The van der Waals surface area contributed by atoms with Gasteiger partial charge >= 0.3 is 0 Å². The number of rotatable bonds is 4. The summed E-state index contributed by atoms with van der Waals surface area (Å²) in [5, 5.41) is 0. The Morgan fingerprint density at radius 1 is 1.30 bits per heavy atom. The summed E-state index contributed by atoms with van der Waals surface area (Å²) in [5.41, 5.74) is 2.13. The number of methoxy groups -OCH3 is 1. The third-order valence-corrected chi connectivity index (χ3v) is 4.18. The van der Waals surface area contributed by atoms with Crippen LogP contribution in [-0.2, 0) is 4.79 Å². The molecule has 1 amide bonds. The second kappa shape index (κ2) is 6.20. The van der Waals surface area contributed by atoms with E-state index >= 15 is 0 Å². The highest BCUT2D eigenvalue weighted by Gasteiger charge is 2.35. The van der Waals surface area contributed by atoms with Crippen LogP contribution in [0.2, 0.25) is 0 Å². The van der Waals surface area contributed by atoms with Crippen LogP contribution in [0.15, 0.2) is 42.7 Å². The van der Waals surface area contributed by atoms with Crippen LogP contribution in [0.5, 0.6) is 5.75 Å². The Morgan fingerprint density at radius 2 is 2.09 bits per heavy atom. The number of Topliss-reactive ketones (excluding diaryl/α,β-unsaturated/α-hetero) is 1. The minimum Gasteiger partial charge on any atom is -0.496 e. The highest BCUT2D eigenvalue weighted by atomic mass is 16.5. The average molecular weight is 310 g/mol. The van der Waals surface area contributed by atoms with Crippen molar-refractivity contribution in [3.05, 3.63) is 48.3 Å². The molecule has 1 aromatic carbocycles. The van der Waals surface area contributed by atoms with Gasteiger partial charge in [0, 0.05) is 42.7 Å². The SMILES string of the molecule is COc1ccccc1-c1cncc(C(=O)C2CCN(C)C2=O)c1. The van der Waals surface area contributed by atoms with Crippen LogP contribution in [-0.4, -0.2) is 42.3 Å². The quantitative estimate of drug-likeness (QED) is 0.643. The van der Waals surface area contributed by atoms with Gasteiger partial charge in [-0.2, -0.15) is 0 Å². The standard InChI is InChI=1S/C18H18N2O3/c1-20-8-7-15(18(20)22)17(21)13-9-12(10-19-11-13)14-5-3-4-6-16(14)23-2/h3-6,9-11,15H,7-8H2,1-2H3. The van der Waals surface area contributed by atoms with Crippen molar-refractivity contribution in [2.45, 2.75) is 6.42 Å². The van der Waals surface area contributed by atoms with Crippen molar-refractivity contribution in [1.82, 2.24) is 9.88 Å². The molecule has 0 radical (unpaired) electrons. The molecule has 0 N–H and O–H groups in total. The number of benzene rings is 1. The van der Waals surface area contributed by atoms with Crippen LogP contribution in [0.1, 0.15) is 16.8 Å². The largest absolute Gasteiger partial charge is 0.496 e. The fourth-order valence-electron chi connectivity index (χ4n) is 2.87. The molecule has 1 unspecified atom stereocenters. The minimum atomic E-state index is -0.588. The zero-order chi connectivity index (χ0) is 16.4. The number of hydrogen-bond donors (Lipinski definition) is 0. The lowest BCUT2D eigenvalue weighted by Crippen LogP contribution is -2.27. The molecule has 2 aromatic rings. The normalized spacial score (nSPS) is 17.4. The Kier molecular flexibility index (Phi) is 4.10. The second-order valence-electron chi connectivity index (χ2n) is 5.63. The number of amides is 1. The van der Waals surface area contributed by atoms with Gasteiger partial charge in [0.1, 0.15) is 11.7 Å². The Labute approximate surface area is 134 Å². The predicted octanol–water partition coefficient (Wildman–Crippen LogP) is 2.42. The van der Waals surface area contributed by atoms with Gasteiger partial charge in [-0.3, -0.25) is 14.6 Å². The molecule has 5 nitrogen and oxygen atoms in total. The molecule has 1 aliphatic rings. The Hall–Kier alpha value is -2.69. The average Bonchev–Trinajstić information content (AvgIpc) is 2.93. The molecule has 3 rings (SSSR count). The fraction of sp³-hybridized carbons (Fsp3) is 0.278. The molecule has 0 spiro atoms. The molecule has 1 fully saturated rings. The van der Waals surface area contributed by atoms with E-state index in [1.807, 2.05) is 24.3 Å². The molecule has 5 heteroatoms. The van der Waals surface area contributed by atoms with E-state index in [2.05, 4.69) is 4.98 Å². The van der Waals surface area contributed by atoms with Gasteiger partial charge in [-0.1, -0.05) is 18.2 Å². The van der Waals surface area contributed by atoms with E-state index < -0.39 is 5.92 Å². The first kappa shape index (κ1) is 15.2. The van der Waals surface area contributed by atoms with Gasteiger partial charge in [-0.05, 0) is 18.6 Å².